The Bertz CT molecular complexity index is 1030. The summed E-state index contributed by atoms with van der Waals surface area (Å²) in [5.41, 5.74) is 0.0929. The Morgan fingerprint density at radius 2 is 2.18 bits per heavy atom. The maximum Gasteiger partial charge on any atom is 0.357 e. The zero-order valence-corrected chi connectivity index (χ0v) is 17.5. The standard InChI is InChI=1S/C20H21ClN2O4S/c1-20(2)16-15(18(25)27-20)23(10-11-5-4-6-11)19(28-16)22-17(24)13-9-12(21)7-8-14(13)26-3/h7-9,11H,4-6,10H2,1-3H3. The van der Waals surface area contributed by atoms with Crippen molar-refractivity contribution in [1.29, 1.82) is 0 Å². The normalized spacial score (nSPS) is 18.6. The van der Waals surface area contributed by atoms with Gasteiger partial charge in [0.15, 0.2) is 4.80 Å². The number of benzene rings is 1. The van der Waals surface area contributed by atoms with Crippen molar-refractivity contribution in [2.45, 2.75) is 45.3 Å². The van der Waals surface area contributed by atoms with E-state index in [-0.39, 0.29) is 5.97 Å². The average Bonchev–Trinajstić information content (AvgIpc) is 3.06. The third-order valence-electron chi connectivity index (χ3n) is 5.25. The lowest BCUT2D eigenvalue weighted by Crippen LogP contribution is -2.28. The first-order chi connectivity index (χ1) is 13.3. The summed E-state index contributed by atoms with van der Waals surface area (Å²) in [6.07, 6.45) is 3.43. The van der Waals surface area contributed by atoms with Crippen LogP contribution in [0.1, 0.15) is 58.8 Å². The van der Waals surface area contributed by atoms with E-state index in [9.17, 15) is 9.59 Å². The average molecular weight is 421 g/mol. The van der Waals surface area contributed by atoms with Crippen LogP contribution in [0.2, 0.25) is 5.02 Å². The van der Waals surface area contributed by atoms with Gasteiger partial charge in [-0.15, -0.1) is 0 Å². The number of carbonyl (C=O) groups excluding carboxylic acids is 2. The summed E-state index contributed by atoms with van der Waals surface area (Å²) < 4.78 is 12.6. The van der Waals surface area contributed by atoms with Crippen molar-refractivity contribution in [2.24, 2.45) is 10.9 Å². The third kappa shape index (κ3) is 3.26. The molecule has 4 rings (SSSR count). The van der Waals surface area contributed by atoms with E-state index in [1.54, 1.807) is 18.2 Å². The monoisotopic (exact) mass is 420 g/mol. The predicted molar refractivity (Wildman–Crippen MR) is 106 cm³/mol. The van der Waals surface area contributed by atoms with E-state index in [2.05, 4.69) is 4.99 Å². The molecule has 0 spiro atoms. The number of methoxy groups -OCH3 is 1. The van der Waals surface area contributed by atoms with Crippen molar-refractivity contribution in [2.75, 3.05) is 7.11 Å². The maximum absolute atomic E-state index is 12.9. The Balaban J connectivity index is 1.83. The molecule has 2 heterocycles. The van der Waals surface area contributed by atoms with E-state index < -0.39 is 11.5 Å². The highest BCUT2D eigenvalue weighted by atomic mass is 35.5. The molecule has 8 heteroatoms. The van der Waals surface area contributed by atoms with E-state index >= 15 is 0 Å². The maximum atomic E-state index is 12.9. The first-order valence-electron chi connectivity index (χ1n) is 9.20. The van der Waals surface area contributed by atoms with Gasteiger partial charge in [-0.05, 0) is 50.8 Å². The zero-order valence-electron chi connectivity index (χ0n) is 16.0. The largest absolute Gasteiger partial charge is 0.496 e. The van der Waals surface area contributed by atoms with Gasteiger partial charge in [0.2, 0.25) is 0 Å². The van der Waals surface area contributed by atoms with Gasteiger partial charge in [0, 0.05) is 11.6 Å². The number of nitrogens with zero attached hydrogens (tertiary/aromatic N) is 2. The van der Waals surface area contributed by atoms with Crippen LogP contribution in [0.5, 0.6) is 5.75 Å². The van der Waals surface area contributed by atoms with Gasteiger partial charge >= 0.3 is 5.97 Å². The Morgan fingerprint density at radius 3 is 2.82 bits per heavy atom. The number of thiazole rings is 1. The van der Waals surface area contributed by atoms with Crippen molar-refractivity contribution in [3.63, 3.8) is 0 Å². The van der Waals surface area contributed by atoms with E-state index in [4.69, 9.17) is 21.1 Å². The molecule has 1 aliphatic carbocycles. The molecule has 1 amide bonds. The van der Waals surface area contributed by atoms with Crippen LogP contribution < -0.4 is 9.54 Å². The molecule has 1 aliphatic heterocycles. The summed E-state index contributed by atoms with van der Waals surface area (Å²) in [6, 6.07) is 4.84. The lowest BCUT2D eigenvalue weighted by Gasteiger charge is -2.26. The molecule has 1 aromatic heterocycles. The zero-order chi connectivity index (χ0) is 20.1. The number of carbonyl (C=O) groups is 2. The molecule has 1 fully saturated rings. The quantitative estimate of drug-likeness (QED) is 0.696. The number of fused-ring (bicyclic) bond motifs is 1. The van der Waals surface area contributed by atoms with Crippen LogP contribution in [0.4, 0.5) is 0 Å². The summed E-state index contributed by atoms with van der Waals surface area (Å²) >= 11 is 7.38. The van der Waals surface area contributed by atoms with Gasteiger partial charge in [-0.2, -0.15) is 4.99 Å². The van der Waals surface area contributed by atoms with Crippen LogP contribution in [0.15, 0.2) is 23.2 Å². The Kier molecular flexibility index (Phi) is 4.83. The summed E-state index contributed by atoms with van der Waals surface area (Å²) in [5, 5.41) is 0.431. The van der Waals surface area contributed by atoms with Gasteiger partial charge in [0.05, 0.1) is 17.6 Å². The molecule has 0 N–H and O–H groups in total. The number of rotatable bonds is 4. The van der Waals surface area contributed by atoms with Gasteiger partial charge in [-0.3, -0.25) is 4.79 Å². The van der Waals surface area contributed by atoms with Gasteiger partial charge < -0.3 is 14.0 Å². The second-order valence-electron chi connectivity index (χ2n) is 7.63. The molecule has 0 bridgehead atoms. The van der Waals surface area contributed by atoms with Crippen molar-refractivity contribution in [3.8, 4) is 5.75 Å². The molecule has 6 nitrogen and oxygen atoms in total. The van der Waals surface area contributed by atoms with Crippen LogP contribution in [-0.2, 0) is 16.9 Å². The second kappa shape index (κ2) is 7.04. The van der Waals surface area contributed by atoms with E-state index in [0.29, 0.717) is 39.3 Å². The van der Waals surface area contributed by atoms with E-state index in [0.717, 1.165) is 17.7 Å². The van der Waals surface area contributed by atoms with Crippen molar-refractivity contribution < 1.29 is 19.1 Å². The number of esters is 1. The molecule has 0 atom stereocenters. The smallest absolute Gasteiger partial charge is 0.357 e. The summed E-state index contributed by atoms with van der Waals surface area (Å²) in [4.78, 5) is 31.1. The first kappa shape index (κ1) is 19.2. The fraction of sp³-hybridized carbons (Fsp3) is 0.450. The molecular formula is C20H21ClN2O4S. The molecule has 148 valence electrons. The minimum absolute atomic E-state index is 0.292. The number of hydrogen-bond acceptors (Lipinski definition) is 5. The highest BCUT2D eigenvalue weighted by molar-refractivity contribution is 7.09. The van der Waals surface area contributed by atoms with Gasteiger partial charge in [-0.25, -0.2) is 4.79 Å². The highest BCUT2D eigenvalue weighted by Gasteiger charge is 2.43. The van der Waals surface area contributed by atoms with Gasteiger partial charge in [0.25, 0.3) is 5.91 Å². The molecule has 28 heavy (non-hydrogen) atoms. The van der Waals surface area contributed by atoms with E-state index in [1.807, 2.05) is 18.4 Å². The molecule has 1 aromatic carbocycles. The number of amides is 1. The summed E-state index contributed by atoms with van der Waals surface area (Å²) in [5.74, 6) is 0.0927. The highest BCUT2D eigenvalue weighted by Crippen LogP contribution is 2.39. The number of hydrogen-bond donors (Lipinski definition) is 0. The van der Waals surface area contributed by atoms with Crippen molar-refractivity contribution in [1.82, 2.24) is 4.57 Å². The van der Waals surface area contributed by atoms with Crippen molar-refractivity contribution in [3.05, 3.63) is 44.2 Å². The van der Waals surface area contributed by atoms with Crippen LogP contribution in [0, 0.1) is 5.92 Å². The number of ether oxygens (including phenoxy) is 2. The van der Waals surface area contributed by atoms with Gasteiger partial charge in [-0.1, -0.05) is 29.4 Å². The molecular weight excluding hydrogens is 400 g/mol. The Hall–Kier alpha value is -2.12. The molecule has 2 aromatic rings. The SMILES string of the molecule is COc1ccc(Cl)cc1C(=O)N=c1sc2c(n1CC1CCC1)C(=O)OC2(C)C. The molecule has 0 unspecified atom stereocenters. The second-order valence-corrected chi connectivity index (χ2v) is 9.05. The van der Waals surface area contributed by atoms with Crippen LogP contribution in [-0.4, -0.2) is 23.6 Å². The minimum atomic E-state index is -0.719. The van der Waals surface area contributed by atoms with Crippen LogP contribution >= 0.6 is 22.9 Å². The Morgan fingerprint density at radius 1 is 1.43 bits per heavy atom. The number of halogens is 1. The molecule has 1 saturated carbocycles. The Labute approximate surface area is 171 Å². The lowest BCUT2D eigenvalue weighted by atomic mass is 9.85. The predicted octanol–water partition coefficient (Wildman–Crippen LogP) is 4.16. The number of aromatic nitrogens is 1. The molecule has 0 saturated heterocycles. The van der Waals surface area contributed by atoms with Crippen LogP contribution in [0.25, 0.3) is 0 Å². The molecule has 0 radical (unpaired) electrons. The number of cyclic esters (lactones) is 1. The minimum Gasteiger partial charge on any atom is -0.496 e. The summed E-state index contributed by atoms with van der Waals surface area (Å²) in [6.45, 7) is 4.37. The van der Waals surface area contributed by atoms with E-state index in [1.165, 1.54) is 24.9 Å². The fourth-order valence-electron chi connectivity index (χ4n) is 3.53. The van der Waals surface area contributed by atoms with Crippen molar-refractivity contribution >= 4 is 34.8 Å². The third-order valence-corrected chi connectivity index (χ3v) is 6.87. The fourth-order valence-corrected chi connectivity index (χ4v) is 4.87. The summed E-state index contributed by atoms with van der Waals surface area (Å²) in [7, 11) is 1.50. The van der Waals surface area contributed by atoms with Crippen LogP contribution in [0.3, 0.4) is 0 Å². The lowest BCUT2D eigenvalue weighted by molar-refractivity contribution is 0.00979. The topological polar surface area (TPSA) is 69.9 Å². The first-order valence-corrected chi connectivity index (χ1v) is 10.4. The molecule has 2 aliphatic rings. The van der Waals surface area contributed by atoms with Gasteiger partial charge in [0.1, 0.15) is 17.0 Å².